The summed E-state index contributed by atoms with van der Waals surface area (Å²) >= 11 is 0. The van der Waals surface area contributed by atoms with Gasteiger partial charge in [-0.1, -0.05) is 13.0 Å². The second kappa shape index (κ2) is 6.11. The van der Waals surface area contributed by atoms with E-state index >= 15 is 0 Å². The predicted octanol–water partition coefficient (Wildman–Crippen LogP) is 2.19. The molecule has 0 spiro atoms. The predicted molar refractivity (Wildman–Crippen MR) is 75.1 cm³/mol. The molecule has 1 aromatic rings. The van der Waals surface area contributed by atoms with Crippen LogP contribution in [0.4, 0.5) is 4.39 Å². The first-order valence-corrected chi connectivity index (χ1v) is 8.31. The van der Waals surface area contributed by atoms with Crippen LogP contribution in [0.5, 0.6) is 0 Å². The van der Waals surface area contributed by atoms with E-state index in [1.54, 1.807) is 13.0 Å². The molecule has 116 valence electrons. The van der Waals surface area contributed by atoms with Crippen molar-refractivity contribution in [1.82, 2.24) is 4.31 Å². The van der Waals surface area contributed by atoms with Crippen molar-refractivity contribution < 1.29 is 22.7 Å². The van der Waals surface area contributed by atoms with Crippen LogP contribution in [-0.2, 0) is 14.8 Å². The van der Waals surface area contributed by atoms with Gasteiger partial charge in [-0.2, -0.15) is 4.31 Å². The lowest BCUT2D eigenvalue weighted by atomic mass is 10.1. The summed E-state index contributed by atoms with van der Waals surface area (Å²) in [6, 6.07) is 4.19. The number of rotatable bonds is 7. The van der Waals surface area contributed by atoms with Crippen LogP contribution in [0.25, 0.3) is 0 Å². The molecule has 1 saturated carbocycles. The van der Waals surface area contributed by atoms with Crippen molar-refractivity contribution in [1.29, 1.82) is 0 Å². The maximum absolute atomic E-state index is 14.1. The van der Waals surface area contributed by atoms with Crippen molar-refractivity contribution in [3.8, 4) is 0 Å². The SMILES string of the molecule is CCN(CCC(=O)O)S(=O)(=O)c1ccc(C2CC2)cc1F. The Balaban J connectivity index is 2.26. The number of carbonyl (C=O) groups is 1. The molecule has 1 N–H and O–H groups in total. The molecule has 0 unspecified atom stereocenters. The Morgan fingerprint density at radius 3 is 2.57 bits per heavy atom. The third-order valence-corrected chi connectivity index (χ3v) is 5.56. The average molecular weight is 315 g/mol. The van der Waals surface area contributed by atoms with Crippen molar-refractivity contribution in [3.63, 3.8) is 0 Å². The molecule has 1 aliphatic rings. The molecule has 0 amide bonds. The van der Waals surface area contributed by atoms with Gasteiger partial charge in [0.25, 0.3) is 0 Å². The lowest BCUT2D eigenvalue weighted by Gasteiger charge is -2.20. The standard InChI is InChI=1S/C14H18FNO4S/c1-2-16(8-7-14(17)18)21(19,20)13-6-5-11(9-12(13)15)10-3-4-10/h5-6,9-10H,2-4,7-8H2,1H3,(H,17,18). The van der Waals surface area contributed by atoms with Gasteiger partial charge in [0.1, 0.15) is 10.7 Å². The summed E-state index contributed by atoms with van der Waals surface area (Å²) in [7, 11) is -4.00. The minimum atomic E-state index is -4.00. The molecular weight excluding hydrogens is 297 g/mol. The molecule has 0 aliphatic heterocycles. The van der Waals surface area contributed by atoms with Gasteiger partial charge in [-0.05, 0) is 36.5 Å². The van der Waals surface area contributed by atoms with Gasteiger partial charge in [0.15, 0.2) is 0 Å². The Hall–Kier alpha value is -1.47. The zero-order valence-corrected chi connectivity index (χ0v) is 12.6. The third-order valence-electron chi connectivity index (χ3n) is 3.55. The van der Waals surface area contributed by atoms with Gasteiger partial charge in [0.2, 0.25) is 10.0 Å². The Bertz CT molecular complexity index is 640. The van der Waals surface area contributed by atoms with Gasteiger partial charge in [-0.25, -0.2) is 12.8 Å². The van der Waals surface area contributed by atoms with E-state index in [1.807, 2.05) is 0 Å². The van der Waals surface area contributed by atoms with Crippen molar-refractivity contribution in [2.45, 2.75) is 37.0 Å². The smallest absolute Gasteiger partial charge is 0.304 e. The number of carboxylic acids is 1. The lowest BCUT2D eigenvalue weighted by molar-refractivity contribution is -0.137. The fourth-order valence-corrected chi connectivity index (χ4v) is 3.70. The van der Waals surface area contributed by atoms with E-state index in [0.29, 0.717) is 5.92 Å². The number of aliphatic carboxylic acids is 1. The molecule has 5 nitrogen and oxygen atoms in total. The average Bonchev–Trinajstić information content (AvgIpc) is 3.22. The molecule has 0 saturated heterocycles. The maximum atomic E-state index is 14.1. The van der Waals surface area contributed by atoms with Crippen molar-refractivity contribution in [3.05, 3.63) is 29.6 Å². The van der Waals surface area contributed by atoms with Crippen LogP contribution in [0.2, 0.25) is 0 Å². The molecule has 1 aromatic carbocycles. The monoisotopic (exact) mass is 315 g/mol. The quantitative estimate of drug-likeness (QED) is 0.837. The Labute approximate surface area is 123 Å². The summed E-state index contributed by atoms with van der Waals surface area (Å²) in [6.07, 6.45) is 1.70. The second-order valence-corrected chi connectivity index (χ2v) is 7.01. The van der Waals surface area contributed by atoms with E-state index in [1.165, 1.54) is 12.1 Å². The molecule has 1 fully saturated rings. The highest BCUT2D eigenvalue weighted by Crippen LogP contribution is 2.40. The zero-order valence-electron chi connectivity index (χ0n) is 11.8. The van der Waals surface area contributed by atoms with Gasteiger partial charge in [-0.15, -0.1) is 0 Å². The summed E-state index contributed by atoms with van der Waals surface area (Å²) in [5, 5.41) is 8.66. The van der Waals surface area contributed by atoms with Crippen LogP contribution in [-0.4, -0.2) is 36.9 Å². The number of nitrogens with zero attached hydrogens (tertiary/aromatic N) is 1. The number of carboxylic acid groups (broad SMARTS) is 1. The first kappa shape index (κ1) is 15.9. The molecule has 0 aromatic heterocycles. The summed E-state index contributed by atoms with van der Waals surface area (Å²) < 4.78 is 39.9. The molecule has 0 atom stereocenters. The van der Waals surface area contributed by atoms with Crippen molar-refractivity contribution >= 4 is 16.0 Å². The van der Waals surface area contributed by atoms with E-state index < -0.39 is 21.8 Å². The van der Waals surface area contributed by atoms with Crippen LogP contribution in [0, 0.1) is 5.82 Å². The number of halogens is 1. The molecule has 2 rings (SSSR count). The Morgan fingerprint density at radius 1 is 1.43 bits per heavy atom. The molecule has 0 radical (unpaired) electrons. The Kier molecular flexibility index (Phi) is 4.63. The van der Waals surface area contributed by atoms with Crippen LogP contribution in [0.1, 0.15) is 37.7 Å². The van der Waals surface area contributed by atoms with Crippen molar-refractivity contribution in [2.75, 3.05) is 13.1 Å². The second-order valence-electron chi connectivity index (χ2n) is 5.10. The normalized spacial score (nSPS) is 15.4. The third kappa shape index (κ3) is 3.59. The fraction of sp³-hybridized carbons (Fsp3) is 0.500. The number of benzene rings is 1. The van der Waals surface area contributed by atoms with E-state index in [4.69, 9.17) is 5.11 Å². The molecular formula is C14H18FNO4S. The van der Waals surface area contributed by atoms with Crippen LogP contribution in [0.15, 0.2) is 23.1 Å². The van der Waals surface area contributed by atoms with Crippen molar-refractivity contribution in [2.24, 2.45) is 0 Å². The summed E-state index contributed by atoms with van der Waals surface area (Å²) in [5.74, 6) is -1.52. The van der Waals surface area contributed by atoms with Gasteiger partial charge in [0, 0.05) is 13.1 Å². The minimum Gasteiger partial charge on any atom is -0.481 e. The minimum absolute atomic E-state index is 0.0967. The van der Waals surface area contributed by atoms with Crippen LogP contribution < -0.4 is 0 Å². The summed E-state index contributed by atoms with van der Waals surface area (Å²) in [5.41, 5.74) is 0.819. The fourth-order valence-electron chi connectivity index (χ4n) is 2.20. The Morgan fingerprint density at radius 2 is 2.10 bits per heavy atom. The topological polar surface area (TPSA) is 74.7 Å². The maximum Gasteiger partial charge on any atom is 0.304 e. The number of hydrogen-bond donors (Lipinski definition) is 1. The first-order chi connectivity index (χ1) is 9.86. The molecule has 0 heterocycles. The highest BCUT2D eigenvalue weighted by atomic mass is 32.2. The highest BCUT2D eigenvalue weighted by molar-refractivity contribution is 7.89. The summed E-state index contributed by atoms with van der Waals surface area (Å²) in [4.78, 5) is 10.2. The van der Waals surface area contributed by atoms with Crippen LogP contribution >= 0.6 is 0 Å². The highest BCUT2D eigenvalue weighted by Gasteiger charge is 2.29. The lowest BCUT2D eigenvalue weighted by Crippen LogP contribution is -2.33. The van der Waals surface area contributed by atoms with Gasteiger partial charge in [0.05, 0.1) is 6.42 Å². The number of sulfonamides is 1. The molecule has 21 heavy (non-hydrogen) atoms. The van der Waals surface area contributed by atoms with Crippen LogP contribution in [0.3, 0.4) is 0 Å². The first-order valence-electron chi connectivity index (χ1n) is 6.87. The van der Waals surface area contributed by atoms with E-state index in [9.17, 15) is 17.6 Å². The van der Waals surface area contributed by atoms with E-state index in [-0.39, 0.29) is 24.4 Å². The molecule has 1 aliphatic carbocycles. The zero-order chi connectivity index (χ0) is 15.6. The van der Waals surface area contributed by atoms with E-state index in [2.05, 4.69) is 0 Å². The molecule has 7 heteroatoms. The largest absolute Gasteiger partial charge is 0.481 e. The van der Waals surface area contributed by atoms with Gasteiger partial charge >= 0.3 is 5.97 Å². The number of hydrogen-bond acceptors (Lipinski definition) is 3. The van der Waals surface area contributed by atoms with Gasteiger partial charge in [-0.3, -0.25) is 4.79 Å². The van der Waals surface area contributed by atoms with E-state index in [0.717, 1.165) is 22.7 Å². The molecule has 0 bridgehead atoms. The summed E-state index contributed by atoms with van der Waals surface area (Å²) in [6.45, 7) is 1.52. The van der Waals surface area contributed by atoms with Gasteiger partial charge < -0.3 is 5.11 Å².